The Balaban J connectivity index is 1.98. The Hall–Kier alpha value is -1.55. The number of nitrogens with zero attached hydrogens (tertiary/aromatic N) is 3. The highest BCUT2D eigenvalue weighted by Gasteiger charge is 2.34. The Morgan fingerprint density at radius 3 is 2.83 bits per heavy atom. The third kappa shape index (κ3) is 1.68. The van der Waals surface area contributed by atoms with Gasteiger partial charge in [-0.05, 0) is 30.5 Å². The first-order valence-corrected chi connectivity index (χ1v) is 6.49. The van der Waals surface area contributed by atoms with Gasteiger partial charge in [-0.15, -0.1) is 0 Å². The number of nitrogens with two attached hydrogens (primary N) is 1. The summed E-state index contributed by atoms with van der Waals surface area (Å²) in [6.07, 6.45) is 1.15. The second-order valence-corrected chi connectivity index (χ2v) is 5.65. The quantitative estimate of drug-likeness (QED) is 0.875. The van der Waals surface area contributed by atoms with E-state index in [0.717, 1.165) is 37.5 Å². The fourth-order valence-electron chi connectivity index (χ4n) is 2.78. The molecular weight excluding hydrogens is 224 g/mol. The van der Waals surface area contributed by atoms with Crippen LogP contribution in [0.4, 0.5) is 5.95 Å². The molecule has 0 radical (unpaired) electrons. The van der Waals surface area contributed by atoms with Crippen molar-refractivity contribution in [1.82, 2.24) is 9.55 Å². The van der Waals surface area contributed by atoms with E-state index in [9.17, 15) is 0 Å². The fourth-order valence-corrected chi connectivity index (χ4v) is 2.78. The van der Waals surface area contributed by atoms with Crippen LogP contribution in [-0.4, -0.2) is 29.2 Å². The second-order valence-electron chi connectivity index (χ2n) is 5.65. The summed E-state index contributed by atoms with van der Waals surface area (Å²) in [6.45, 7) is 5.05. The summed E-state index contributed by atoms with van der Waals surface area (Å²) in [6, 6.07) is 8.27. The van der Waals surface area contributed by atoms with Crippen LogP contribution in [0.15, 0.2) is 24.3 Å². The Morgan fingerprint density at radius 1 is 1.39 bits per heavy atom. The van der Waals surface area contributed by atoms with Gasteiger partial charge in [0.25, 0.3) is 0 Å². The molecule has 96 valence electrons. The molecule has 2 N–H and O–H groups in total. The monoisotopic (exact) mass is 244 g/mol. The summed E-state index contributed by atoms with van der Waals surface area (Å²) in [5, 5.41) is 0. The summed E-state index contributed by atoms with van der Waals surface area (Å²) in [5.74, 6) is 1.06. The number of aromatic nitrogens is 2. The van der Waals surface area contributed by atoms with Gasteiger partial charge in [0.1, 0.15) is 0 Å². The predicted octanol–water partition coefficient (Wildman–Crippen LogP) is 1.75. The Kier molecular flexibility index (Phi) is 2.55. The molecule has 1 unspecified atom stereocenters. The van der Waals surface area contributed by atoms with E-state index >= 15 is 0 Å². The van der Waals surface area contributed by atoms with Gasteiger partial charge in [-0.25, -0.2) is 4.98 Å². The van der Waals surface area contributed by atoms with E-state index in [2.05, 4.69) is 41.6 Å². The topological polar surface area (TPSA) is 47.1 Å². The lowest BCUT2D eigenvalue weighted by Crippen LogP contribution is -2.32. The van der Waals surface area contributed by atoms with Crippen LogP contribution in [0, 0.1) is 5.41 Å². The van der Waals surface area contributed by atoms with Gasteiger partial charge in [0.2, 0.25) is 5.95 Å². The molecule has 3 rings (SSSR count). The molecule has 18 heavy (non-hydrogen) atoms. The lowest BCUT2D eigenvalue weighted by Gasteiger charge is -2.23. The molecule has 1 fully saturated rings. The van der Waals surface area contributed by atoms with Crippen LogP contribution in [0.5, 0.6) is 0 Å². The number of fused-ring (bicyclic) bond motifs is 1. The van der Waals surface area contributed by atoms with Crippen LogP contribution < -0.4 is 10.6 Å². The molecule has 4 heteroatoms. The highest BCUT2D eigenvalue weighted by atomic mass is 15.3. The van der Waals surface area contributed by atoms with Gasteiger partial charge in [0.05, 0.1) is 11.0 Å². The predicted molar refractivity (Wildman–Crippen MR) is 74.7 cm³/mol. The van der Waals surface area contributed by atoms with Crippen molar-refractivity contribution in [3.63, 3.8) is 0 Å². The molecule has 1 aliphatic heterocycles. The van der Waals surface area contributed by atoms with Crippen molar-refractivity contribution in [3.8, 4) is 0 Å². The lowest BCUT2D eigenvalue weighted by molar-refractivity contribution is 0.383. The summed E-state index contributed by atoms with van der Waals surface area (Å²) in [4.78, 5) is 7.10. The van der Waals surface area contributed by atoms with Crippen LogP contribution in [0.3, 0.4) is 0 Å². The number of hydrogen-bond acceptors (Lipinski definition) is 3. The van der Waals surface area contributed by atoms with Crippen molar-refractivity contribution in [1.29, 1.82) is 0 Å². The number of imidazole rings is 1. The normalized spacial score (nSPS) is 24.1. The van der Waals surface area contributed by atoms with Crippen LogP contribution in [0.25, 0.3) is 11.0 Å². The average Bonchev–Trinajstić information content (AvgIpc) is 2.93. The van der Waals surface area contributed by atoms with Gasteiger partial charge in [0, 0.05) is 20.1 Å². The first-order chi connectivity index (χ1) is 8.63. The largest absolute Gasteiger partial charge is 0.342 e. The maximum Gasteiger partial charge on any atom is 0.206 e. The number of rotatable bonds is 2. The maximum atomic E-state index is 5.87. The van der Waals surface area contributed by atoms with E-state index in [1.165, 1.54) is 5.52 Å². The number of hydrogen-bond donors (Lipinski definition) is 1. The molecule has 1 aromatic carbocycles. The lowest BCUT2D eigenvalue weighted by atomic mass is 9.90. The van der Waals surface area contributed by atoms with Crippen molar-refractivity contribution < 1.29 is 0 Å². The van der Waals surface area contributed by atoms with E-state index < -0.39 is 0 Å². The van der Waals surface area contributed by atoms with Crippen molar-refractivity contribution in [2.45, 2.75) is 13.3 Å². The van der Waals surface area contributed by atoms with E-state index in [1.807, 2.05) is 6.07 Å². The molecule has 0 bridgehead atoms. The molecule has 0 aliphatic carbocycles. The molecule has 0 amide bonds. The van der Waals surface area contributed by atoms with E-state index in [4.69, 9.17) is 10.7 Å². The zero-order chi connectivity index (χ0) is 12.8. The molecular formula is C14H20N4. The highest BCUT2D eigenvalue weighted by Crippen LogP contribution is 2.32. The molecule has 2 aromatic rings. The Morgan fingerprint density at radius 2 is 2.17 bits per heavy atom. The molecule has 1 saturated heterocycles. The van der Waals surface area contributed by atoms with Crippen molar-refractivity contribution in [2.75, 3.05) is 24.5 Å². The van der Waals surface area contributed by atoms with Crippen molar-refractivity contribution >= 4 is 17.0 Å². The van der Waals surface area contributed by atoms with Crippen molar-refractivity contribution in [2.24, 2.45) is 18.2 Å². The van der Waals surface area contributed by atoms with Crippen LogP contribution in [-0.2, 0) is 7.05 Å². The van der Waals surface area contributed by atoms with Crippen LogP contribution in [0.1, 0.15) is 13.3 Å². The van der Waals surface area contributed by atoms with Gasteiger partial charge >= 0.3 is 0 Å². The van der Waals surface area contributed by atoms with Gasteiger partial charge in [-0.3, -0.25) is 0 Å². The van der Waals surface area contributed by atoms with Crippen LogP contribution in [0.2, 0.25) is 0 Å². The standard InChI is InChI=1S/C14H20N4/c1-14(9-15)7-8-18(10-14)13-16-11-5-3-4-6-12(11)17(13)2/h3-6H,7-10,15H2,1-2H3. The summed E-state index contributed by atoms with van der Waals surface area (Å²) in [7, 11) is 2.09. The van der Waals surface area contributed by atoms with E-state index in [0.29, 0.717) is 0 Å². The zero-order valence-corrected chi connectivity index (χ0v) is 11.1. The molecule has 0 saturated carbocycles. The number of benzene rings is 1. The molecule has 1 aromatic heterocycles. The van der Waals surface area contributed by atoms with Crippen molar-refractivity contribution in [3.05, 3.63) is 24.3 Å². The minimum Gasteiger partial charge on any atom is -0.342 e. The minimum atomic E-state index is 0.234. The van der Waals surface area contributed by atoms with E-state index in [-0.39, 0.29) is 5.41 Å². The highest BCUT2D eigenvalue weighted by molar-refractivity contribution is 5.78. The Labute approximate surface area is 107 Å². The number of para-hydroxylation sites is 2. The first-order valence-electron chi connectivity index (χ1n) is 6.49. The molecule has 4 nitrogen and oxygen atoms in total. The SMILES string of the molecule is Cn1c(N2CCC(C)(CN)C2)nc2ccccc21. The number of anilines is 1. The molecule has 0 spiro atoms. The van der Waals surface area contributed by atoms with Gasteiger partial charge in [-0.2, -0.15) is 0 Å². The smallest absolute Gasteiger partial charge is 0.206 e. The summed E-state index contributed by atoms with van der Waals surface area (Å²) in [5.41, 5.74) is 8.36. The third-order valence-electron chi connectivity index (χ3n) is 4.10. The van der Waals surface area contributed by atoms with Crippen LogP contribution >= 0.6 is 0 Å². The summed E-state index contributed by atoms with van der Waals surface area (Å²) >= 11 is 0. The van der Waals surface area contributed by atoms with Gasteiger partial charge in [0.15, 0.2) is 0 Å². The maximum absolute atomic E-state index is 5.87. The average molecular weight is 244 g/mol. The Bertz CT molecular complexity index is 574. The second kappa shape index (κ2) is 3.99. The van der Waals surface area contributed by atoms with Gasteiger partial charge in [-0.1, -0.05) is 19.1 Å². The third-order valence-corrected chi connectivity index (χ3v) is 4.10. The summed E-state index contributed by atoms with van der Waals surface area (Å²) < 4.78 is 2.18. The fraction of sp³-hybridized carbons (Fsp3) is 0.500. The first kappa shape index (κ1) is 11.5. The molecule has 1 atom stereocenters. The minimum absolute atomic E-state index is 0.234. The zero-order valence-electron chi connectivity index (χ0n) is 11.1. The molecule has 1 aliphatic rings. The van der Waals surface area contributed by atoms with Gasteiger partial charge < -0.3 is 15.2 Å². The van der Waals surface area contributed by atoms with E-state index in [1.54, 1.807) is 0 Å². The number of aryl methyl sites for hydroxylation is 1. The molecule has 2 heterocycles.